The number of fused-ring (bicyclic) bond motifs is 1. The standard InChI is InChI=1S/C27H33N5O3/c1-15-6-9-20(35-12-18-7-8-18)19(10-15)23-25-24(29-14-28-23)22(16(2)30-25)26(34)31-21-11-32(17(3)33)13-27(21,4)5/h6,9-10,14,18,21,30H,7-8,11-13H2,1-5H3,(H,31,34)/t21-/m1/s1. The summed E-state index contributed by atoms with van der Waals surface area (Å²) in [5.41, 5.74) is 5.02. The highest BCUT2D eigenvalue weighted by atomic mass is 16.5. The molecular weight excluding hydrogens is 442 g/mol. The van der Waals surface area contributed by atoms with Gasteiger partial charge in [0.1, 0.15) is 23.3 Å². The molecule has 3 heterocycles. The van der Waals surface area contributed by atoms with Gasteiger partial charge in [-0.25, -0.2) is 9.97 Å². The molecule has 35 heavy (non-hydrogen) atoms. The van der Waals surface area contributed by atoms with Crippen molar-refractivity contribution in [2.24, 2.45) is 11.3 Å². The van der Waals surface area contributed by atoms with Crippen LogP contribution in [0.25, 0.3) is 22.3 Å². The van der Waals surface area contributed by atoms with Crippen LogP contribution in [0.1, 0.15) is 55.2 Å². The first kappa shape index (κ1) is 23.3. The fourth-order valence-electron chi connectivity index (χ4n) is 4.90. The zero-order chi connectivity index (χ0) is 24.9. The lowest BCUT2D eigenvalue weighted by atomic mass is 9.87. The molecule has 0 bridgehead atoms. The van der Waals surface area contributed by atoms with Crippen LogP contribution in [0.5, 0.6) is 5.75 Å². The molecule has 3 aromatic rings. The minimum Gasteiger partial charge on any atom is -0.493 e. The first-order chi connectivity index (χ1) is 16.6. The number of benzene rings is 1. The lowest BCUT2D eigenvalue weighted by molar-refractivity contribution is -0.128. The maximum atomic E-state index is 13.5. The average molecular weight is 476 g/mol. The summed E-state index contributed by atoms with van der Waals surface area (Å²) in [6, 6.07) is 5.95. The van der Waals surface area contributed by atoms with Crippen LogP contribution in [0.15, 0.2) is 24.5 Å². The Morgan fingerprint density at radius 3 is 2.69 bits per heavy atom. The number of carbonyl (C=O) groups excluding carboxylic acids is 2. The number of hydrogen-bond acceptors (Lipinski definition) is 5. The third-order valence-corrected chi connectivity index (χ3v) is 7.26. The molecule has 1 saturated heterocycles. The molecule has 5 rings (SSSR count). The van der Waals surface area contributed by atoms with E-state index in [1.165, 1.54) is 19.2 Å². The second-order valence-electron chi connectivity index (χ2n) is 10.7. The Morgan fingerprint density at radius 1 is 1.23 bits per heavy atom. The van der Waals surface area contributed by atoms with Crippen molar-refractivity contribution in [3.63, 3.8) is 0 Å². The highest BCUT2D eigenvalue weighted by molar-refractivity contribution is 6.09. The zero-order valence-corrected chi connectivity index (χ0v) is 21.1. The molecule has 2 aliphatic rings. The highest BCUT2D eigenvalue weighted by Crippen LogP contribution is 2.37. The molecule has 2 aromatic heterocycles. The quantitative estimate of drug-likeness (QED) is 0.561. The number of nitrogens with zero attached hydrogens (tertiary/aromatic N) is 3. The van der Waals surface area contributed by atoms with Gasteiger partial charge in [0, 0.05) is 36.7 Å². The van der Waals surface area contributed by atoms with Crippen LogP contribution < -0.4 is 10.1 Å². The van der Waals surface area contributed by atoms with Gasteiger partial charge >= 0.3 is 0 Å². The van der Waals surface area contributed by atoms with Gasteiger partial charge < -0.3 is 19.9 Å². The van der Waals surface area contributed by atoms with Gasteiger partial charge in [-0.15, -0.1) is 0 Å². The highest BCUT2D eigenvalue weighted by Gasteiger charge is 2.41. The van der Waals surface area contributed by atoms with Crippen molar-refractivity contribution in [2.45, 2.75) is 53.5 Å². The molecule has 0 radical (unpaired) electrons. The Labute approximate surface area is 205 Å². The van der Waals surface area contributed by atoms with Crippen molar-refractivity contribution in [2.75, 3.05) is 19.7 Å². The Kier molecular flexibility index (Phi) is 5.77. The third-order valence-electron chi connectivity index (χ3n) is 7.26. The van der Waals surface area contributed by atoms with E-state index in [9.17, 15) is 9.59 Å². The number of H-pyrrole nitrogens is 1. The maximum absolute atomic E-state index is 13.5. The van der Waals surface area contributed by atoms with Gasteiger partial charge in [0.2, 0.25) is 5.91 Å². The minimum absolute atomic E-state index is 0.0216. The molecule has 2 fully saturated rings. The fraction of sp³-hybridized carbons (Fsp3) is 0.481. The van der Waals surface area contributed by atoms with E-state index in [-0.39, 0.29) is 23.3 Å². The molecular formula is C27H33N5O3. The molecule has 8 heteroatoms. The monoisotopic (exact) mass is 475 g/mol. The molecule has 1 atom stereocenters. The summed E-state index contributed by atoms with van der Waals surface area (Å²) in [5, 5.41) is 3.17. The Balaban J connectivity index is 1.49. The van der Waals surface area contributed by atoms with Crippen molar-refractivity contribution < 1.29 is 14.3 Å². The van der Waals surface area contributed by atoms with E-state index < -0.39 is 0 Å². The van der Waals surface area contributed by atoms with Gasteiger partial charge in [0.25, 0.3) is 5.91 Å². The predicted octanol–water partition coefficient (Wildman–Crippen LogP) is 4.02. The van der Waals surface area contributed by atoms with E-state index >= 15 is 0 Å². The Morgan fingerprint density at radius 2 is 2.00 bits per heavy atom. The molecule has 0 spiro atoms. The van der Waals surface area contributed by atoms with E-state index in [1.807, 2.05) is 26.0 Å². The van der Waals surface area contributed by atoms with Crippen LogP contribution in [0.4, 0.5) is 0 Å². The number of aromatic nitrogens is 3. The smallest absolute Gasteiger partial charge is 0.255 e. The first-order valence-corrected chi connectivity index (χ1v) is 12.3. The van der Waals surface area contributed by atoms with Gasteiger partial charge in [0.15, 0.2) is 0 Å². The summed E-state index contributed by atoms with van der Waals surface area (Å²) in [7, 11) is 0. The lowest BCUT2D eigenvalue weighted by Gasteiger charge is -2.26. The largest absolute Gasteiger partial charge is 0.493 e. The van der Waals surface area contributed by atoms with Gasteiger partial charge in [-0.3, -0.25) is 9.59 Å². The number of amides is 2. The van der Waals surface area contributed by atoms with Crippen LogP contribution in [0.3, 0.4) is 0 Å². The van der Waals surface area contributed by atoms with Crippen LogP contribution in [0.2, 0.25) is 0 Å². The van der Waals surface area contributed by atoms with Gasteiger partial charge in [-0.05, 0) is 44.7 Å². The number of rotatable bonds is 6. The van der Waals surface area contributed by atoms with Gasteiger partial charge in [-0.1, -0.05) is 25.5 Å². The number of aromatic amines is 1. The Bertz CT molecular complexity index is 1310. The van der Waals surface area contributed by atoms with E-state index in [2.05, 4.69) is 40.2 Å². The number of hydrogen-bond donors (Lipinski definition) is 2. The second-order valence-corrected chi connectivity index (χ2v) is 10.7. The van der Waals surface area contributed by atoms with E-state index in [1.54, 1.807) is 11.8 Å². The summed E-state index contributed by atoms with van der Waals surface area (Å²) >= 11 is 0. The number of nitrogens with one attached hydrogen (secondary N) is 2. The minimum atomic E-state index is -0.225. The van der Waals surface area contributed by atoms with Gasteiger partial charge in [-0.2, -0.15) is 0 Å². The second kappa shape index (κ2) is 8.66. The topological polar surface area (TPSA) is 100 Å². The van der Waals surface area contributed by atoms with Crippen molar-refractivity contribution in [1.29, 1.82) is 0 Å². The van der Waals surface area contributed by atoms with Crippen LogP contribution in [0, 0.1) is 25.2 Å². The molecule has 1 saturated carbocycles. The van der Waals surface area contributed by atoms with E-state index in [0.717, 1.165) is 28.3 Å². The number of likely N-dealkylation sites (tertiary alicyclic amines) is 1. The van der Waals surface area contributed by atoms with Crippen LogP contribution >= 0.6 is 0 Å². The molecule has 1 aliphatic heterocycles. The predicted molar refractivity (Wildman–Crippen MR) is 134 cm³/mol. The number of aryl methyl sites for hydroxylation is 2. The zero-order valence-electron chi connectivity index (χ0n) is 21.1. The summed E-state index contributed by atoms with van der Waals surface area (Å²) in [4.78, 5) is 39.6. The maximum Gasteiger partial charge on any atom is 0.255 e. The van der Waals surface area contributed by atoms with E-state index in [0.29, 0.717) is 42.2 Å². The average Bonchev–Trinajstić information content (AvgIpc) is 3.49. The normalized spacial score (nSPS) is 19.2. The molecule has 8 nitrogen and oxygen atoms in total. The van der Waals surface area contributed by atoms with Crippen molar-refractivity contribution in [1.82, 2.24) is 25.2 Å². The SMILES string of the molecule is CC(=O)N1C[C@@H](NC(=O)c2c(C)[nH]c3c(-c4cc(C)ccc4OCC4CC4)ncnc23)C(C)(C)C1. The molecule has 2 N–H and O–H groups in total. The van der Waals surface area contributed by atoms with Gasteiger partial charge in [0.05, 0.1) is 23.7 Å². The molecule has 1 aromatic carbocycles. The first-order valence-electron chi connectivity index (χ1n) is 12.3. The molecule has 0 unspecified atom stereocenters. The summed E-state index contributed by atoms with van der Waals surface area (Å²) < 4.78 is 6.16. The molecule has 1 aliphatic carbocycles. The lowest BCUT2D eigenvalue weighted by Crippen LogP contribution is -2.44. The van der Waals surface area contributed by atoms with Crippen LogP contribution in [-0.4, -0.2) is 57.4 Å². The van der Waals surface area contributed by atoms with Crippen LogP contribution in [-0.2, 0) is 4.79 Å². The fourth-order valence-corrected chi connectivity index (χ4v) is 4.90. The molecule has 184 valence electrons. The third kappa shape index (κ3) is 4.49. The summed E-state index contributed by atoms with van der Waals surface area (Å²) in [6.07, 6.45) is 3.94. The van der Waals surface area contributed by atoms with Crippen molar-refractivity contribution in [3.8, 4) is 17.0 Å². The van der Waals surface area contributed by atoms with E-state index in [4.69, 9.17) is 4.74 Å². The summed E-state index contributed by atoms with van der Waals surface area (Å²) in [6.45, 7) is 11.5. The Hall–Kier alpha value is -3.42. The summed E-state index contributed by atoms with van der Waals surface area (Å²) in [5.74, 6) is 1.25. The number of ether oxygens (including phenoxy) is 1. The van der Waals surface area contributed by atoms with Crippen molar-refractivity contribution in [3.05, 3.63) is 41.3 Å². The molecule has 2 amide bonds. The number of carbonyl (C=O) groups is 2. The van der Waals surface area contributed by atoms with Crippen molar-refractivity contribution >= 4 is 22.8 Å².